The molecule has 1 aromatic rings. The van der Waals surface area contributed by atoms with E-state index in [4.69, 9.17) is 5.11 Å². The zero-order chi connectivity index (χ0) is 16.8. The SMILES string of the molecule is C[C@H](CC(=O)N1CCCC[C@@H]1CCC(=O)O)c1ccccc1F. The van der Waals surface area contributed by atoms with Gasteiger partial charge in [-0.3, -0.25) is 9.59 Å². The number of piperidine rings is 1. The van der Waals surface area contributed by atoms with Gasteiger partial charge in [-0.05, 0) is 43.2 Å². The van der Waals surface area contributed by atoms with E-state index < -0.39 is 5.97 Å². The molecule has 126 valence electrons. The first kappa shape index (κ1) is 17.4. The highest BCUT2D eigenvalue weighted by molar-refractivity contribution is 5.77. The van der Waals surface area contributed by atoms with Crippen LogP contribution < -0.4 is 0 Å². The minimum atomic E-state index is -0.831. The summed E-state index contributed by atoms with van der Waals surface area (Å²) in [5.74, 6) is -1.31. The number of hydrogen-bond acceptors (Lipinski definition) is 2. The minimum absolute atomic E-state index is 0.000158. The highest BCUT2D eigenvalue weighted by atomic mass is 19.1. The van der Waals surface area contributed by atoms with Crippen molar-refractivity contribution in [2.75, 3.05) is 6.54 Å². The molecule has 0 spiro atoms. The number of benzene rings is 1. The highest BCUT2D eigenvalue weighted by Crippen LogP contribution is 2.26. The Hall–Kier alpha value is -1.91. The van der Waals surface area contributed by atoms with Crippen LogP contribution in [0, 0.1) is 5.82 Å². The van der Waals surface area contributed by atoms with Crippen LogP contribution in [-0.2, 0) is 9.59 Å². The molecule has 2 rings (SSSR count). The molecular weight excluding hydrogens is 297 g/mol. The number of carbonyl (C=O) groups excluding carboxylic acids is 1. The Morgan fingerprint density at radius 1 is 1.35 bits per heavy atom. The Kier molecular flexibility index (Phi) is 6.13. The minimum Gasteiger partial charge on any atom is -0.481 e. The third-order valence-electron chi connectivity index (χ3n) is 4.56. The van der Waals surface area contributed by atoms with Crippen molar-refractivity contribution in [2.45, 2.75) is 57.4 Å². The average molecular weight is 321 g/mol. The topological polar surface area (TPSA) is 57.6 Å². The number of carbonyl (C=O) groups is 2. The van der Waals surface area contributed by atoms with Crippen molar-refractivity contribution in [3.63, 3.8) is 0 Å². The van der Waals surface area contributed by atoms with Crippen LogP contribution in [0.4, 0.5) is 4.39 Å². The average Bonchev–Trinajstić information content (AvgIpc) is 2.53. The zero-order valence-electron chi connectivity index (χ0n) is 13.5. The van der Waals surface area contributed by atoms with E-state index >= 15 is 0 Å². The number of halogens is 1. The van der Waals surface area contributed by atoms with Crippen LogP contribution >= 0.6 is 0 Å². The number of rotatable bonds is 6. The monoisotopic (exact) mass is 321 g/mol. The molecule has 0 saturated carbocycles. The van der Waals surface area contributed by atoms with Crippen LogP contribution in [0.2, 0.25) is 0 Å². The summed E-state index contributed by atoms with van der Waals surface area (Å²) in [6.07, 6.45) is 3.66. The number of hydrogen-bond donors (Lipinski definition) is 1. The van der Waals surface area contributed by atoms with Crippen molar-refractivity contribution in [1.82, 2.24) is 4.90 Å². The molecule has 1 N–H and O–H groups in total. The van der Waals surface area contributed by atoms with Gasteiger partial charge in [0.1, 0.15) is 5.82 Å². The number of carboxylic acid groups (broad SMARTS) is 1. The van der Waals surface area contributed by atoms with Crippen LogP contribution in [0.3, 0.4) is 0 Å². The number of nitrogens with zero attached hydrogens (tertiary/aromatic N) is 1. The Morgan fingerprint density at radius 3 is 2.78 bits per heavy atom. The van der Waals surface area contributed by atoms with Crippen LogP contribution in [0.1, 0.15) is 56.9 Å². The molecule has 1 aromatic carbocycles. The molecule has 5 heteroatoms. The molecule has 1 saturated heterocycles. The lowest BCUT2D eigenvalue weighted by Crippen LogP contribution is -2.44. The molecule has 0 aromatic heterocycles. The van der Waals surface area contributed by atoms with Crippen LogP contribution in [0.5, 0.6) is 0 Å². The largest absolute Gasteiger partial charge is 0.481 e. The second-order valence-corrected chi connectivity index (χ2v) is 6.30. The maximum atomic E-state index is 13.8. The molecule has 0 radical (unpaired) electrons. The van der Waals surface area contributed by atoms with Gasteiger partial charge in [0.05, 0.1) is 0 Å². The third-order valence-corrected chi connectivity index (χ3v) is 4.56. The molecular formula is C18H24FNO3. The maximum Gasteiger partial charge on any atom is 0.303 e. The van der Waals surface area contributed by atoms with Gasteiger partial charge in [-0.1, -0.05) is 25.1 Å². The fourth-order valence-electron chi connectivity index (χ4n) is 3.28. The first-order chi connectivity index (χ1) is 11.0. The third kappa shape index (κ3) is 4.78. The lowest BCUT2D eigenvalue weighted by Gasteiger charge is -2.36. The summed E-state index contributed by atoms with van der Waals surface area (Å²) in [4.78, 5) is 25.2. The van der Waals surface area contributed by atoms with E-state index in [-0.39, 0.29) is 36.5 Å². The Balaban J connectivity index is 1.99. The normalized spacial score (nSPS) is 19.4. The quantitative estimate of drug-likeness (QED) is 0.871. The van der Waals surface area contributed by atoms with E-state index in [1.165, 1.54) is 6.07 Å². The fourth-order valence-corrected chi connectivity index (χ4v) is 3.28. The smallest absolute Gasteiger partial charge is 0.303 e. The lowest BCUT2D eigenvalue weighted by molar-refractivity contribution is -0.140. The number of amides is 1. The second kappa shape index (κ2) is 8.09. The Morgan fingerprint density at radius 2 is 2.09 bits per heavy atom. The molecule has 2 atom stereocenters. The summed E-state index contributed by atoms with van der Waals surface area (Å²) in [6.45, 7) is 2.53. The Bertz CT molecular complexity index is 561. The molecule has 1 heterocycles. The van der Waals surface area contributed by atoms with E-state index in [0.29, 0.717) is 18.5 Å². The Labute approximate surface area is 136 Å². The second-order valence-electron chi connectivity index (χ2n) is 6.30. The lowest BCUT2D eigenvalue weighted by atomic mass is 9.93. The summed E-state index contributed by atoms with van der Waals surface area (Å²) in [5.41, 5.74) is 0.556. The molecule has 1 aliphatic heterocycles. The summed E-state index contributed by atoms with van der Waals surface area (Å²) in [6, 6.07) is 6.54. The van der Waals surface area contributed by atoms with Crippen molar-refractivity contribution in [1.29, 1.82) is 0 Å². The van der Waals surface area contributed by atoms with Gasteiger partial charge in [-0.15, -0.1) is 0 Å². The van der Waals surface area contributed by atoms with Crippen molar-refractivity contribution in [3.8, 4) is 0 Å². The predicted octanol–water partition coefficient (Wildman–Crippen LogP) is 3.57. The number of aliphatic carboxylic acids is 1. The van der Waals surface area contributed by atoms with Gasteiger partial charge in [-0.2, -0.15) is 0 Å². The van der Waals surface area contributed by atoms with E-state index in [0.717, 1.165) is 19.3 Å². The van der Waals surface area contributed by atoms with Crippen molar-refractivity contribution in [2.24, 2.45) is 0 Å². The molecule has 23 heavy (non-hydrogen) atoms. The van der Waals surface area contributed by atoms with Gasteiger partial charge < -0.3 is 10.0 Å². The predicted molar refractivity (Wildman–Crippen MR) is 85.7 cm³/mol. The summed E-state index contributed by atoms with van der Waals surface area (Å²) in [5, 5.41) is 8.85. The first-order valence-electron chi connectivity index (χ1n) is 8.24. The fraction of sp³-hybridized carbons (Fsp3) is 0.556. The summed E-state index contributed by atoms with van der Waals surface area (Å²) in [7, 11) is 0. The highest BCUT2D eigenvalue weighted by Gasteiger charge is 2.28. The van der Waals surface area contributed by atoms with Crippen LogP contribution in [0.15, 0.2) is 24.3 Å². The van der Waals surface area contributed by atoms with Gasteiger partial charge in [0, 0.05) is 25.4 Å². The van der Waals surface area contributed by atoms with Crippen LogP contribution in [-0.4, -0.2) is 34.5 Å². The zero-order valence-corrected chi connectivity index (χ0v) is 13.5. The number of carboxylic acids is 1. The molecule has 0 aliphatic carbocycles. The molecule has 1 aliphatic rings. The first-order valence-corrected chi connectivity index (χ1v) is 8.24. The molecule has 1 fully saturated rings. The molecule has 0 unspecified atom stereocenters. The van der Waals surface area contributed by atoms with Crippen molar-refractivity contribution in [3.05, 3.63) is 35.6 Å². The van der Waals surface area contributed by atoms with E-state index in [2.05, 4.69) is 0 Å². The summed E-state index contributed by atoms with van der Waals surface area (Å²) >= 11 is 0. The number of likely N-dealkylation sites (tertiary alicyclic amines) is 1. The van der Waals surface area contributed by atoms with E-state index in [1.54, 1.807) is 18.2 Å². The van der Waals surface area contributed by atoms with E-state index in [1.807, 2.05) is 11.8 Å². The van der Waals surface area contributed by atoms with Gasteiger partial charge in [0.15, 0.2) is 0 Å². The van der Waals surface area contributed by atoms with Crippen molar-refractivity contribution >= 4 is 11.9 Å². The molecule has 4 nitrogen and oxygen atoms in total. The standard InChI is InChI=1S/C18H24FNO3/c1-13(15-7-2-3-8-16(15)19)12-17(21)20-11-5-4-6-14(20)9-10-18(22)23/h2-3,7-8,13-14H,4-6,9-12H2,1H3,(H,22,23)/t13-,14-/m1/s1. The summed E-state index contributed by atoms with van der Waals surface area (Å²) < 4.78 is 13.8. The van der Waals surface area contributed by atoms with Gasteiger partial charge in [0.25, 0.3) is 0 Å². The molecule has 1 amide bonds. The van der Waals surface area contributed by atoms with Crippen LogP contribution in [0.25, 0.3) is 0 Å². The molecule has 0 bridgehead atoms. The van der Waals surface area contributed by atoms with Gasteiger partial charge in [-0.25, -0.2) is 4.39 Å². The van der Waals surface area contributed by atoms with E-state index in [9.17, 15) is 14.0 Å². The maximum absolute atomic E-state index is 13.8. The van der Waals surface area contributed by atoms with Gasteiger partial charge in [0.2, 0.25) is 5.91 Å². The van der Waals surface area contributed by atoms with Gasteiger partial charge >= 0.3 is 5.97 Å². The van der Waals surface area contributed by atoms with Crippen molar-refractivity contribution < 1.29 is 19.1 Å².